The lowest BCUT2D eigenvalue weighted by Gasteiger charge is -2.37. The summed E-state index contributed by atoms with van der Waals surface area (Å²) in [5, 5.41) is 13.1. The zero-order chi connectivity index (χ0) is 18.0. The normalized spacial score (nSPS) is 19.8. The molecule has 0 aliphatic carbocycles. The number of ether oxygens (including phenoxy) is 1. The monoisotopic (exact) mass is 341 g/mol. The fourth-order valence-corrected chi connectivity index (χ4v) is 2.85. The third kappa shape index (κ3) is 3.75. The van der Waals surface area contributed by atoms with Crippen LogP contribution in [0.2, 0.25) is 0 Å². The van der Waals surface area contributed by atoms with Gasteiger partial charge in [-0.25, -0.2) is 8.78 Å². The Morgan fingerprint density at radius 1 is 1.38 bits per heavy atom. The summed E-state index contributed by atoms with van der Waals surface area (Å²) in [6.07, 6.45) is 0.621. The van der Waals surface area contributed by atoms with E-state index in [4.69, 9.17) is 4.74 Å². The van der Waals surface area contributed by atoms with Gasteiger partial charge in [0.05, 0.1) is 11.0 Å². The Morgan fingerprint density at radius 2 is 2.00 bits per heavy atom. The molecule has 6 heteroatoms. The van der Waals surface area contributed by atoms with E-state index >= 15 is 0 Å². The summed E-state index contributed by atoms with van der Waals surface area (Å²) < 4.78 is 32.9. The van der Waals surface area contributed by atoms with Gasteiger partial charge in [-0.15, -0.1) is 0 Å². The second kappa shape index (κ2) is 7.15. The first kappa shape index (κ1) is 18.8. The van der Waals surface area contributed by atoms with Crippen molar-refractivity contribution in [1.82, 2.24) is 5.32 Å². The van der Waals surface area contributed by atoms with Gasteiger partial charge in [0, 0.05) is 31.4 Å². The Kier molecular flexibility index (Phi) is 5.60. The number of amides is 1. The van der Waals surface area contributed by atoms with Crippen LogP contribution in [0.15, 0.2) is 18.2 Å². The van der Waals surface area contributed by atoms with Crippen molar-refractivity contribution in [3.63, 3.8) is 0 Å². The standard InChI is InChI=1S/C18H25F2NO3/c1-12(2)17(3,23)11-21-16(22)18(6-8-24-9-7-18)14-5-4-13(19)10-15(14)20/h4-5,10,12,23H,6-9,11H2,1-3H3,(H,21,22). The van der Waals surface area contributed by atoms with Gasteiger partial charge in [-0.2, -0.15) is 0 Å². The van der Waals surface area contributed by atoms with Crippen LogP contribution >= 0.6 is 0 Å². The van der Waals surface area contributed by atoms with Crippen molar-refractivity contribution in [2.45, 2.75) is 44.6 Å². The Labute approximate surface area is 141 Å². The molecule has 0 radical (unpaired) electrons. The topological polar surface area (TPSA) is 58.6 Å². The SMILES string of the molecule is CC(C)C(C)(O)CNC(=O)C1(c2ccc(F)cc2F)CCOCC1. The van der Waals surface area contributed by atoms with Gasteiger partial charge in [-0.3, -0.25) is 4.79 Å². The minimum atomic E-state index is -1.11. The van der Waals surface area contributed by atoms with Crippen molar-refractivity contribution in [3.05, 3.63) is 35.4 Å². The van der Waals surface area contributed by atoms with Crippen LogP contribution in [0.5, 0.6) is 0 Å². The number of hydrogen-bond acceptors (Lipinski definition) is 3. The first-order valence-corrected chi connectivity index (χ1v) is 8.23. The van der Waals surface area contributed by atoms with Crippen molar-refractivity contribution in [3.8, 4) is 0 Å². The molecule has 1 aliphatic rings. The third-order valence-corrected chi connectivity index (χ3v) is 5.08. The largest absolute Gasteiger partial charge is 0.388 e. The number of carbonyl (C=O) groups excluding carboxylic acids is 1. The number of nitrogens with one attached hydrogen (secondary N) is 1. The molecule has 1 amide bonds. The van der Waals surface area contributed by atoms with Crippen LogP contribution in [0.3, 0.4) is 0 Å². The number of aliphatic hydroxyl groups is 1. The molecule has 1 atom stereocenters. The number of carbonyl (C=O) groups is 1. The molecule has 1 aromatic rings. The molecule has 0 aromatic heterocycles. The van der Waals surface area contributed by atoms with Gasteiger partial charge in [-0.05, 0) is 31.7 Å². The van der Waals surface area contributed by atoms with E-state index in [0.717, 1.165) is 12.1 Å². The highest BCUT2D eigenvalue weighted by Crippen LogP contribution is 2.37. The molecule has 0 bridgehead atoms. The average Bonchev–Trinajstić information content (AvgIpc) is 2.53. The minimum Gasteiger partial charge on any atom is -0.388 e. The van der Waals surface area contributed by atoms with Crippen LogP contribution in [0, 0.1) is 17.6 Å². The summed E-state index contributed by atoms with van der Waals surface area (Å²) in [5.74, 6) is -1.83. The highest BCUT2D eigenvalue weighted by molar-refractivity contribution is 5.88. The minimum absolute atomic E-state index is 0.0500. The molecule has 1 aliphatic heterocycles. The van der Waals surface area contributed by atoms with Crippen molar-refractivity contribution >= 4 is 5.91 Å². The lowest BCUT2D eigenvalue weighted by Crippen LogP contribution is -2.53. The maximum absolute atomic E-state index is 14.3. The fourth-order valence-electron chi connectivity index (χ4n) is 2.85. The number of halogens is 2. The van der Waals surface area contributed by atoms with Crippen LogP contribution in [-0.2, 0) is 14.9 Å². The lowest BCUT2D eigenvalue weighted by molar-refractivity contribution is -0.132. The number of hydrogen-bond donors (Lipinski definition) is 2. The third-order valence-electron chi connectivity index (χ3n) is 5.08. The lowest BCUT2D eigenvalue weighted by atomic mass is 9.73. The van der Waals surface area contributed by atoms with Crippen LogP contribution in [0.4, 0.5) is 8.78 Å². The molecule has 1 aromatic carbocycles. The highest BCUT2D eigenvalue weighted by atomic mass is 19.1. The molecule has 0 saturated carbocycles. The van der Waals surface area contributed by atoms with Gasteiger partial charge in [0.1, 0.15) is 11.6 Å². The first-order chi connectivity index (χ1) is 11.2. The first-order valence-electron chi connectivity index (χ1n) is 8.23. The molecular formula is C18H25F2NO3. The van der Waals surface area contributed by atoms with Crippen LogP contribution < -0.4 is 5.32 Å². The van der Waals surface area contributed by atoms with Crippen molar-refractivity contribution in [1.29, 1.82) is 0 Å². The number of benzene rings is 1. The van der Waals surface area contributed by atoms with E-state index in [-0.39, 0.29) is 23.9 Å². The van der Waals surface area contributed by atoms with Crippen LogP contribution in [0.25, 0.3) is 0 Å². The van der Waals surface area contributed by atoms with Crippen LogP contribution in [-0.4, -0.2) is 36.4 Å². The van der Waals surface area contributed by atoms with Gasteiger partial charge in [-0.1, -0.05) is 19.9 Å². The van der Waals surface area contributed by atoms with Gasteiger partial charge in [0.15, 0.2) is 0 Å². The zero-order valence-electron chi connectivity index (χ0n) is 14.4. The summed E-state index contributed by atoms with van der Waals surface area (Å²) in [7, 11) is 0. The quantitative estimate of drug-likeness (QED) is 0.865. The summed E-state index contributed by atoms with van der Waals surface area (Å²) in [6.45, 7) is 6.07. The molecule has 134 valence electrons. The molecular weight excluding hydrogens is 316 g/mol. The van der Waals surface area contributed by atoms with E-state index in [2.05, 4.69) is 5.32 Å². The predicted octanol–water partition coefficient (Wildman–Crippen LogP) is 2.54. The Morgan fingerprint density at radius 3 is 2.54 bits per heavy atom. The molecule has 1 fully saturated rings. The van der Waals surface area contributed by atoms with Crippen molar-refractivity contribution in [2.24, 2.45) is 5.92 Å². The Bertz CT molecular complexity index is 596. The molecule has 24 heavy (non-hydrogen) atoms. The summed E-state index contributed by atoms with van der Waals surface area (Å²) in [6, 6.07) is 3.29. The van der Waals surface area contributed by atoms with Gasteiger partial charge in [0.25, 0.3) is 0 Å². The maximum Gasteiger partial charge on any atom is 0.231 e. The molecule has 1 saturated heterocycles. The van der Waals surface area contributed by atoms with E-state index in [9.17, 15) is 18.7 Å². The summed E-state index contributed by atoms with van der Waals surface area (Å²) in [5.41, 5.74) is -2.00. The van der Waals surface area contributed by atoms with Gasteiger partial charge in [0.2, 0.25) is 5.91 Å². The second-order valence-electron chi connectivity index (χ2n) is 7.01. The van der Waals surface area contributed by atoms with E-state index in [1.807, 2.05) is 13.8 Å². The zero-order valence-corrected chi connectivity index (χ0v) is 14.4. The van der Waals surface area contributed by atoms with E-state index in [0.29, 0.717) is 26.1 Å². The molecule has 4 nitrogen and oxygen atoms in total. The second-order valence-corrected chi connectivity index (χ2v) is 7.01. The maximum atomic E-state index is 14.3. The van der Waals surface area contributed by atoms with Crippen molar-refractivity contribution in [2.75, 3.05) is 19.8 Å². The van der Waals surface area contributed by atoms with Crippen LogP contribution in [0.1, 0.15) is 39.2 Å². The van der Waals surface area contributed by atoms with Crippen molar-refractivity contribution < 1.29 is 23.4 Å². The van der Waals surface area contributed by atoms with E-state index in [1.54, 1.807) is 6.92 Å². The summed E-state index contributed by atoms with van der Waals surface area (Å²) >= 11 is 0. The smallest absolute Gasteiger partial charge is 0.231 e. The molecule has 1 heterocycles. The fraction of sp³-hybridized carbons (Fsp3) is 0.611. The average molecular weight is 341 g/mol. The Balaban J connectivity index is 2.29. The molecule has 1 unspecified atom stereocenters. The van der Waals surface area contributed by atoms with E-state index < -0.39 is 22.7 Å². The highest BCUT2D eigenvalue weighted by Gasteiger charge is 2.44. The van der Waals surface area contributed by atoms with Gasteiger partial charge >= 0.3 is 0 Å². The summed E-state index contributed by atoms with van der Waals surface area (Å²) in [4.78, 5) is 12.9. The van der Waals surface area contributed by atoms with Gasteiger partial charge < -0.3 is 15.2 Å². The predicted molar refractivity (Wildman–Crippen MR) is 86.6 cm³/mol. The molecule has 2 N–H and O–H groups in total. The number of rotatable bonds is 5. The Hall–Kier alpha value is -1.53. The van der Waals surface area contributed by atoms with E-state index in [1.165, 1.54) is 6.07 Å². The molecule has 2 rings (SSSR count). The molecule has 0 spiro atoms.